The molecule has 98 valence electrons. The Morgan fingerprint density at radius 2 is 1.89 bits per heavy atom. The SMILES string of the molecule is CCOc1ccc(OC(=O)c2ccccc2)c(O)c1. The van der Waals surface area contributed by atoms with E-state index >= 15 is 0 Å². The zero-order valence-electron chi connectivity index (χ0n) is 10.5. The molecule has 0 atom stereocenters. The van der Waals surface area contributed by atoms with Crippen molar-refractivity contribution in [1.29, 1.82) is 0 Å². The molecular weight excluding hydrogens is 244 g/mol. The maximum atomic E-state index is 11.8. The van der Waals surface area contributed by atoms with Gasteiger partial charge in [0.15, 0.2) is 11.5 Å². The van der Waals surface area contributed by atoms with Gasteiger partial charge < -0.3 is 14.6 Å². The Balaban J connectivity index is 2.13. The molecule has 2 rings (SSSR count). The predicted molar refractivity (Wildman–Crippen MR) is 70.7 cm³/mol. The molecule has 0 saturated heterocycles. The fraction of sp³-hybridized carbons (Fsp3) is 0.133. The molecule has 0 saturated carbocycles. The number of rotatable bonds is 4. The quantitative estimate of drug-likeness (QED) is 0.676. The van der Waals surface area contributed by atoms with Crippen LogP contribution < -0.4 is 9.47 Å². The average Bonchev–Trinajstić information content (AvgIpc) is 2.43. The van der Waals surface area contributed by atoms with E-state index in [0.717, 1.165) is 0 Å². The van der Waals surface area contributed by atoms with Crippen molar-refractivity contribution >= 4 is 5.97 Å². The number of carbonyl (C=O) groups is 1. The smallest absolute Gasteiger partial charge is 0.343 e. The Morgan fingerprint density at radius 1 is 1.16 bits per heavy atom. The van der Waals surface area contributed by atoms with Crippen molar-refractivity contribution in [2.24, 2.45) is 0 Å². The molecule has 4 nitrogen and oxygen atoms in total. The summed E-state index contributed by atoms with van der Waals surface area (Å²) in [4.78, 5) is 11.8. The molecule has 0 aliphatic rings. The molecule has 0 aromatic heterocycles. The molecule has 0 spiro atoms. The molecule has 0 unspecified atom stereocenters. The summed E-state index contributed by atoms with van der Waals surface area (Å²) in [5, 5.41) is 9.76. The van der Waals surface area contributed by atoms with Crippen LogP contribution in [0.3, 0.4) is 0 Å². The van der Waals surface area contributed by atoms with E-state index in [9.17, 15) is 9.90 Å². The summed E-state index contributed by atoms with van der Waals surface area (Å²) >= 11 is 0. The van der Waals surface area contributed by atoms with Crippen molar-refractivity contribution in [3.05, 3.63) is 54.1 Å². The molecular formula is C15H14O4. The van der Waals surface area contributed by atoms with Crippen LogP contribution in [0.15, 0.2) is 48.5 Å². The van der Waals surface area contributed by atoms with Gasteiger partial charge in [-0.15, -0.1) is 0 Å². The summed E-state index contributed by atoms with van der Waals surface area (Å²) in [7, 11) is 0. The van der Waals surface area contributed by atoms with Gasteiger partial charge in [0.25, 0.3) is 0 Å². The van der Waals surface area contributed by atoms with Crippen LogP contribution >= 0.6 is 0 Å². The molecule has 0 aliphatic heterocycles. The fourth-order valence-electron chi connectivity index (χ4n) is 1.57. The van der Waals surface area contributed by atoms with Gasteiger partial charge in [-0.2, -0.15) is 0 Å². The maximum absolute atomic E-state index is 11.8. The van der Waals surface area contributed by atoms with E-state index in [2.05, 4.69) is 0 Å². The first-order valence-corrected chi connectivity index (χ1v) is 5.93. The van der Waals surface area contributed by atoms with Gasteiger partial charge in [-0.3, -0.25) is 0 Å². The van der Waals surface area contributed by atoms with E-state index in [1.54, 1.807) is 30.3 Å². The van der Waals surface area contributed by atoms with Crippen molar-refractivity contribution in [3.63, 3.8) is 0 Å². The number of carbonyl (C=O) groups excluding carboxylic acids is 1. The molecule has 0 bridgehead atoms. The van der Waals surface area contributed by atoms with Gasteiger partial charge in [-0.25, -0.2) is 4.79 Å². The van der Waals surface area contributed by atoms with Crippen molar-refractivity contribution < 1.29 is 19.4 Å². The van der Waals surface area contributed by atoms with E-state index in [4.69, 9.17) is 9.47 Å². The standard InChI is InChI=1S/C15H14O4/c1-2-18-12-8-9-14(13(16)10-12)19-15(17)11-6-4-3-5-7-11/h3-10,16H,2H2,1H3. The molecule has 0 aliphatic carbocycles. The normalized spacial score (nSPS) is 9.95. The van der Waals surface area contributed by atoms with E-state index in [1.165, 1.54) is 12.1 Å². The fourth-order valence-corrected chi connectivity index (χ4v) is 1.57. The molecule has 0 fully saturated rings. The number of esters is 1. The van der Waals surface area contributed by atoms with E-state index in [0.29, 0.717) is 17.9 Å². The van der Waals surface area contributed by atoms with Crippen molar-refractivity contribution in [2.75, 3.05) is 6.61 Å². The highest BCUT2D eigenvalue weighted by Crippen LogP contribution is 2.30. The van der Waals surface area contributed by atoms with Crippen LogP contribution in [0, 0.1) is 0 Å². The number of benzene rings is 2. The topological polar surface area (TPSA) is 55.8 Å². The highest BCUT2D eigenvalue weighted by Gasteiger charge is 2.11. The van der Waals surface area contributed by atoms with E-state index in [1.807, 2.05) is 13.0 Å². The molecule has 2 aromatic carbocycles. The summed E-state index contributed by atoms with van der Waals surface area (Å²) in [6.45, 7) is 2.35. The Kier molecular flexibility index (Phi) is 4.03. The number of hydrogen-bond donors (Lipinski definition) is 1. The third-order valence-electron chi connectivity index (χ3n) is 2.45. The lowest BCUT2D eigenvalue weighted by atomic mass is 10.2. The largest absolute Gasteiger partial charge is 0.504 e. The third kappa shape index (κ3) is 3.25. The second-order valence-electron chi connectivity index (χ2n) is 3.82. The van der Waals surface area contributed by atoms with Crippen molar-refractivity contribution in [1.82, 2.24) is 0 Å². The van der Waals surface area contributed by atoms with Gasteiger partial charge in [-0.05, 0) is 31.2 Å². The molecule has 19 heavy (non-hydrogen) atoms. The molecule has 0 radical (unpaired) electrons. The second kappa shape index (κ2) is 5.91. The van der Waals surface area contributed by atoms with Gasteiger partial charge in [-0.1, -0.05) is 18.2 Å². The summed E-state index contributed by atoms with van der Waals surface area (Å²) in [5.41, 5.74) is 0.427. The minimum atomic E-state index is -0.514. The van der Waals surface area contributed by atoms with Gasteiger partial charge >= 0.3 is 5.97 Å². The highest BCUT2D eigenvalue weighted by atomic mass is 16.5. The third-order valence-corrected chi connectivity index (χ3v) is 2.45. The van der Waals surface area contributed by atoms with Crippen LogP contribution in [0.25, 0.3) is 0 Å². The molecule has 1 N–H and O–H groups in total. The summed E-state index contributed by atoms with van der Waals surface area (Å²) in [6.07, 6.45) is 0. The van der Waals surface area contributed by atoms with Crippen LogP contribution in [-0.4, -0.2) is 17.7 Å². The van der Waals surface area contributed by atoms with Crippen LogP contribution in [-0.2, 0) is 0 Å². The maximum Gasteiger partial charge on any atom is 0.343 e. The van der Waals surface area contributed by atoms with Gasteiger partial charge in [0.1, 0.15) is 5.75 Å². The van der Waals surface area contributed by atoms with Crippen molar-refractivity contribution in [3.8, 4) is 17.2 Å². The predicted octanol–water partition coefficient (Wildman–Crippen LogP) is 3.01. The average molecular weight is 258 g/mol. The summed E-state index contributed by atoms with van der Waals surface area (Å²) in [5.74, 6) is -0.00731. The first-order valence-electron chi connectivity index (χ1n) is 5.93. The first kappa shape index (κ1) is 13.0. The highest BCUT2D eigenvalue weighted by molar-refractivity contribution is 5.91. The number of phenols is 1. The van der Waals surface area contributed by atoms with E-state index < -0.39 is 5.97 Å². The zero-order chi connectivity index (χ0) is 13.7. The Bertz CT molecular complexity index is 564. The lowest BCUT2D eigenvalue weighted by Crippen LogP contribution is -2.08. The minimum Gasteiger partial charge on any atom is -0.504 e. The number of ether oxygens (including phenoxy) is 2. The first-order chi connectivity index (χ1) is 9.20. The molecule has 0 amide bonds. The second-order valence-corrected chi connectivity index (χ2v) is 3.82. The lowest BCUT2D eigenvalue weighted by molar-refractivity contribution is 0.0729. The molecule has 0 heterocycles. The summed E-state index contributed by atoms with van der Waals surface area (Å²) in [6, 6.07) is 13.1. The summed E-state index contributed by atoms with van der Waals surface area (Å²) < 4.78 is 10.4. The zero-order valence-corrected chi connectivity index (χ0v) is 10.5. The lowest BCUT2D eigenvalue weighted by Gasteiger charge is -2.08. The minimum absolute atomic E-state index is 0.109. The Morgan fingerprint density at radius 3 is 2.53 bits per heavy atom. The van der Waals surface area contributed by atoms with Crippen LogP contribution in [0.1, 0.15) is 17.3 Å². The van der Waals surface area contributed by atoms with Gasteiger partial charge in [0.05, 0.1) is 12.2 Å². The van der Waals surface area contributed by atoms with Crippen LogP contribution in [0.2, 0.25) is 0 Å². The number of aromatic hydroxyl groups is 1. The van der Waals surface area contributed by atoms with Crippen LogP contribution in [0.5, 0.6) is 17.2 Å². The van der Waals surface area contributed by atoms with Gasteiger partial charge in [0, 0.05) is 6.07 Å². The Hall–Kier alpha value is -2.49. The van der Waals surface area contributed by atoms with Gasteiger partial charge in [0.2, 0.25) is 0 Å². The number of hydrogen-bond acceptors (Lipinski definition) is 4. The molecule has 2 aromatic rings. The Labute approximate surface area is 111 Å². The number of phenolic OH excluding ortho intramolecular Hbond substituents is 1. The van der Waals surface area contributed by atoms with E-state index in [-0.39, 0.29) is 11.5 Å². The van der Waals surface area contributed by atoms with Crippen molar-refractivity contribution in [2.45, 2.75) is 6.92 Å². The monoisotopic (exact) mass is 258 g/mol. The van der Waals surface area contributed by atoms with Crippen LogP contribution in [0.4, 0.5) is 0 Å². The molecule has 4 heteroatoms.